The number of thiocarbonyl (C=S) groups is 1. The minimum absolute atomic E-state index is 0.856. The number of rotatable bonds is 1. The Bertz CT molecular complexity index is 397. The van der Waals surface area contributed by atoms with Crippen LogP contribution in [0.2, 0.25) is 0 Å². The summed E-state index contributed by atoms with van der Waals surface area (Å²) in [6.45, 7) is 6.22. The van der Waals surface area contributed by atoms with Gasteiger partial charge in [0.15, 0.2) is 5.11 Å². The van der Waals surface area contributed by atoms with E-state index in [4.69, 9.17) is 12.2 Å². The first-order valence-electron chi connectivity index (χ1n) is 5.99. The van der Waals surface area contributed by atoms with Crippen LogP contribution >= 0.6 is 12.2 Å². The van der Waals surface area contributed by atoms with E-state index in [0.29, 0.717) is 0 Å². The molecule has 3 nitrogen and oxygen atoms in total. The molecule has 92 valence electrons. The quantitative estimate of drug-likeness (QED) is 0.762. The first-order chi connectivity index (χ1) is 8.22. The maximum absolute atomic E-state index is 5.25. The minimum atomic E-state index is 0.856. The van der Waals surface area contributed by atoms with Crippen molar-refractivity contribution in [3.8, 4) is 0 Å². The molecule has 0 aliphatic carbocycles. The summed E-state index contributed by atoms with van der Waals surface area (Å²) in [5, 5.41) is 3.90. The van der Waals surface area contributed by atoms with Crippen LogP contribution in [0.15, 0.2) is 24.3 Å². The Morgan fingerprint density at radius 2 is 1.82 bits per heavy atom. The highest BCUT2D eigenvalue weighted by Crippen LogP contribution is 2.20. The third-order valence-corrected chi connectivity index (χ3v) is 3.70. The third kappa shape index (κ3) is 2.69. The molecule has 0 atom stereocenters. The lowest BCUT2D eigenvalue weighted by Crippen LogP contribution is -2.51. The Morgan fingerprint density at radius 1 is 1.18 bits per heavy atom. The fourth-order valence-corrected chi connectivity index (χ4v) is 2.41. The number of nitrogens with zero attached hydrogens (tertiary/aromatic N) is 2. The van der Waals surface area contributed by atoms with Gasteiger partial charge in [-0.05, 0) is 30.8 Å². The minimum Gasteiger partial charge on any atom is -0.368 e. The summed E-state index contributed by atoms with van der Waals surface area (Å²) in [7, 11) is 1.88. The highest BCUT2D eigenvalue weighted by Gasteiger charge is 2.19. The monoisotopic (exact) mass is 249 g/mol. The van der Waals surface area contributed by atoms with Gasteiger partial charge < -0.3 is 15.1 Å². The van der Waals surface area contributed by atoms with Crippen LogP contribution in [0, 0.1) is 6.92 Å². The van der Waals surface area contributed by atoms with Gasteiger partial charge in [0, 0.05) is 38.9 Å². The van der Waals surface area contributed by atoms with Gasteiger partial charge in [0.25, 0.3) is 0 Å². The standard InChI is InChI=1S/C13H19N3S/c1-11-5-3-4-6-12(11)15-7-9-16(10-8-15)13(17)14-2/h3-6H,7-10H2,1-2H3,(H,14,17). The molecule has 0 saturated carbocycles. The van der Waals surface area contributed by atoms with E-state index in [1.54, 1.807) is 0 Å². The average molecular weight is 249 g/mol. The smallest absolute Gasteiger partial charge is 0.168 e. The molecule has 1 saturated heterocycles. The fraction of sp³-hybridized carbons (Fsp3) is 0.462. The van der Waals surface area contributed by atoms with Crippen molar-refractivity contribution in [2.24, 2.45) is 0 Å². The van der Waals surface area contributed by atoms with E-state index < -0.39 is 0 Å². The number of nitrogens with one attached hydrogen (secondary N) is 1. The molecule has 1 aliphatic rings. The van der Waals surface area contributed by atoms with Gasteiger partial charge in [-0.2, -0.15) is 0 Å². The van der Waals surface area contributed by atoms with Crippen molar-refractivity contribution in [2.45, 2.75) is 6.92 Å². The Kier molecular flexibility index (Phi) is 3.84. The summed E-state index contributed by atoms with van der Waals surface area (Å²) in [5.74, 6) is 0. The average Bonchev–Trinajstić information content (AvgIpc) is 2.39. The number of benzene rings is 1. The van der Waals surface area contributed by atoms with Crippen LogP contribution in [0.25, 0.3) is 0 Å². The zero-order valence-corrected chi connectivity index (χ0v) is 11.3. The highest BCUT2D eigenvalue weighted by atomic mass is 32.1. The lowest BCUT2D eigenvalue weighted by molar-refractivity contribution is 0.382. The topological polar surface area (TPSA) is 18.5 Å². The summed E-state index contributed by atoms with van der Waals surface area (Å²) in [6, 6.07) is 8.56. The molecule has 0 amide bonds. The van der Waals surface area contributed by atoms with Crippen LogP contribution in [0.4, 0.5) is 5.69 Å². The van der Waals surface area contributed by atoms with Gasteiger partial charge >= 0.3 is 0 Å². The molecule has 2 rings (SSSR count). The van der Waals surface area contributed by atoms with Crippen LogP contribution in [0.1, 0.15) is 5.56 Å². The van der Waals surface area contributed by atoms with Gasteiger partial charge in [0.05, 0.1) is 0 Å². The number of para-hydroxylation sites is 1. The molecule has 17 heavy (non-hydrogen) atoms. The van der Waals surface area contributed by atoms with Crippen molar-refractivity contribution in [1.82, 2.24) is 10.2 Å². The number of hydrogen-bond donors (Lipinski definition) is 1. The zero-order valence-electron chi connectivity index (χ0n) is 10.4. The molecule has 1 N–H and O–H groups in total. The summed E-state index contributed by atoms with van der Waals surface area (Å²) in [5.41, 5.74) is 2.69. The highest BCUT2D eigenvalue weighted by molar-refractivity contribution is 7.80. The van der Waals surface area contributed by atoms with E-state index in [9.17, 15) is 0 Å². The molecule has 1 aromatic carbocycles. The van der Waals surface area contributed by atoms with Crippen LogP contribution in [0.3, 0.4) is 0 Å². The lowest BCUT2D eigenvalue weighted by atomic mass is 10.1. The van der Waals surface area contributed by atoms with Crippen molar-refractivity contribution in [1.29, 1.82) is 0 Å². The second-order valence-corrected chi connectivity index (χ2v) is 4.70. The Balaban J connectivity index is 2.00. The Morgan fingerprint density at radius 3 is 2.41 bits per heavy atom. The molecule has 0 unspecified atom stereocenters. The van der Waals surface area contributed by atoms with Gasteiger partial charge in [0.2, 0.25) is 0 Å². The molecular weight excluding hydrogens is 230 g/mol. The zero-order chi connectivity index (χ0) is 12.3. The van der Waals surface area contributed by atoms with Crippen molar-refractivity contribution in [3.05, 3.63) is 29.8 Å². The van der Waals surface area contributed by atoms with Crippen molar-refractivity contribution < 1.29 is 0 Å². The van der Waals surface area contributed by atoms with Gasteiger partial charge in [-0.15, -0.1) is 0 Å². The molecule has 1 fully saturated rings. The van der Waals surface area contributed by atoms with E-state index in [0.717, 1.165) is 31.3 Å². The maximum Gasteiger partial charge on any atom is 0.168 e. The Labute approximate surface area is 108 Å². The van der Waals surface area contributed by atoms with Crippen molar-refractivity contribution in [2.75, 3.05) is 38.1 Å². The van der Waals surface area contributed by atoms with E-state index in [1.807, 2.05) is 7.05 Å². The second kappa shape index (κ2) is 5.36. The summed E-state index contributed by atoms with van der Waals surface area (Å²) < 4.78 is 0. The van der Waals surface area contributed by atoms with Gasteiger partial charge in [-0.25, -0.2) is 0 Å². The molecule has 4 heteroatoms. The molecule has 1 aliphatic heterocycles. The van der Waals surface area contributed by atoms with Crippen LogP contribution < -0.4 is 10.2 Å². The number of piperazine rings is 1. The number of aryl methyl sites for hydroxylation is 1. The first kappa shape index (κ1) is 12.2. The lowest BCUT2D eigenvalue weighted by Gasteiger charge is -2.37. The molecule has 0 bridgehead atoms. The fourth-order valence-electron chi connectivity index (χ4n) is 2.23. The van der Waals surface area contributed by atoms with Crippen molar-refractivity contribution >= 4 is 23.0 Å². The predicted octanol–water partition coefficient (Wildman–Crippen LogP) is 1.62. The normalized spacial score (nSPS) is 15.9. The van der Waals surface area contributed by atoms with E-state index >= 15 is 0 Å². The molecule has 0 aromatic heterocycles. The van der Waals surface area contributed by atoms with Crippen LogP contribution in [0.5, 0.6) is 0 Å². The predicted molar refractivity (Wildman–Crippen MR) is 76.6 cm³/mol. The Hall–Kier alpha value is -1.29. The maximum atomic E-state index is 5.25. The first-order valence-corrected chi connectivity index (χ1v) is 6.40. The van der Waals surface area contributed by atoms with Crippen LogP contribution in [-0.4, -0.2) is 43.2 Å². The molecule has 1 aromatic rings. The van der Waals surface area contributed by atoms with E-state index in [-0.39, 0.29) is 0 Å². The number of hydrogen-bond acceptors (Lipinski definition) is 2. The number of anilines is 1. The molecule has 0 spiro atoms. The van der Waals surface area contributed by atoms with Gasteiger partial charge in [-0.1, -0.05) is 18.2 Å². The summed E-state index contributed by atoms with van der Waals surface area (Å²) >= 11 is 5.25. The SMILES string of the molecule is CNC(=S)N1CCN(c2ccccc2C)CC1. The third-order valence-electron chi connectivity index (χ3n) is 3.24. The molecule has 0 radical (unpaired) electrons. The summed E-state index contributed by atoms with van der Waals surface area (Å²) in [4.78, 5) is 4.66. The van der Waals surface area contributed by atoms with E-state index in [1.165, 1.54) is 11.3 Å². The van der Waals surface area contributed by atoms with E-state index in [2.05, 4.69) is 46.3 Å². The molecule has 1 heterocycles. The molecular formula is C13H19N3S. The largest absolute Gasteiger partial charge is 0.368 e. The van der Waals surface area contributed by atoms with Crippen LogP contribution in [-0.2, 0) is 0 Å². The van der Waals surface area contributed by atoms with Gasteiger partial charge in [-0.3, -0.25) is 0 Å². The second-order valence-electron chi connectivity index (χ2n) is 4.32. The van der Waals surface area contributed by atoms with Gasteiger partial charge in [0.1, 0.15) is 0 Å². The summed E-state index contributed by atoms with van der Waals surface area (Å²) in [6.07, 6.45) is 0. The van der Waals surface area contributed by atoms with Crippen molar-refractivity contribution in [3.63, 3.8) is 0 Å².